The zero-order valence-electron chi connectivity index (χ0n) is 13.1. The van der Waals surface area contributed by atoms with E-state index in [1.54, 1.807) is 24.4 Å². The van der Waals surface area contributed by atoms with Crippen molar-refractivity contribution in [2.75, 3.05) is 7.11 Å². The van der Waals surface area contributed by atoms with Crippen LogP contribution in [0.1, 0.15) is 25.6 Å². The van der Waals surface area contributed by atoms with E-state index >= 15 is 0 Å². The van der Waals surface area contributed by atoms with E-state index in [1.807, 2.05) is 12.1 Å². The third-order valence-electron chi connectivity index (χ3n) is 3.57. The van der Waals surface area contributed by atoms with E-state index in [0.29, 0.717) is 31.9 Å². The lowest BCUT2D eigenvalue weighted by Crippen LogP contribution is -2.23. The van der Waals surface area contributed by atoms with Gasteiger partial charge in [-0.2, -0.15) is 0 Å². The van der Waals surface area contributed by atoms with Crippen molar-refractivity contribution >= 4 is 57.2 Å². The van der Waals surface area contributed by atoms with Crippen molar-refractivity contribution in [1.29, 1.82) is 0 Å². The summed E-state index contributed by atoms with van der Waals surface area (Å²) in [6, 6.07) is 8.85. The highest BCUT2D eigenvalue weighted by Crippen LogP contribution is 2.26. The van der Waals surface area contributed by atoms with Crippen LogP contribution in [0.2, 0.25) is 5.02 Å². The highest BCUT2D eigenvalue weighted by atomic mass is 35.5. The summed E-state index contributed by atoms with van der Waals surface area (Å²) in [5.74, 6) is -0.721. The molecular formula is C17H13ClN2O3S2. The van der Waals surface area contributed by atoms with Gasteiger partial charge < -0.3 is 15.0 Å². The Labute approximate surface area is 157 Å². The molecule has 5 nitrogen and oxygen atoms in total. The molecule has 0 bridgehead atoms. The number of carbonyl (C=O) groups is 2. The average Bonchev–Trinajstić information content (AvgIpc) is 3.06. The number of pyridine rings is 1. The lowest BCUT2D eigenvalue weighted by atomic mass is 10.2. The molecule has 2 N–H and O–H groups in total. The van der Waals surface area contributed by atoms with Crippen LogP contribution in [-0.4, -0.2) is 24.0 Å². The predicted molar refractivity (Wildman–Crippen MR) is 101 cm³/mol. The summed E-state index contributed by atoms with van der Waals surface area (Å²) in [4.78, 5) is 28.2. The first-order valence-electron chi connectivity index (χ1n) is 7.26. The number of benzene rings is 1. The van der Waals surface area contributed by atoms with Gasteiger partial charge in [-0.25, -0.2) is 4.79 Å². The Morgan fingerprint density at radius 1 is 1.32 bits per heavy atom. The number of rotatable bonds is 4. The fraction of sp³-hybridized carbons (Fsp3) is 0.118. The third kappa shape index (κ3) is 3.73. The number of methoxy groups -OCH3 is 1. The maximum absolute atomic E-state index is 12.4. The lowest BCUT2D eigenvalue weighted by molar-refractivity contribution is 0.0606. The van der Waals surface area contributed by atoms with Crippen molar-refractivity contribution in [3.05, 3.63) is 62.1 Å². The Kier molecular flexibility index (Phi) is 5.17. The largest absolute Gasteiger partial charge is 0.465 e. The molecular weight excluding hydrogens is 380 g/mol. The van der Waals surface area contributed by atoms with E-state index < -0.39 is 5.97 Å². The van der Waals surface area contributed by atoms with Crippen molar-refractivity contribution in [1.82, 2.24) is 10.3 Å². The second kappa shape index (κ2) is 7.35. The molecule has 0 fully saturated rings. The first-order valence-corrected chi connectivity index (χ1v) is 8.86. The molecule has 0 radical (unpaired) electrons. The Hall–Kier alpha value is -2.22. The molecule has 1 amide bonds. The number of aromatic amines is 1. The lowest BCUT2D eigenvalue weighted by Gasteiger charge is -2.06. The van der Waals surface area contributed by atoms with Gasteiger partial charge in [0.25, 0.3) is 5.91 Å². The maximum atomic E-state index is 12.4. The van der Waals surface area contributed by atoms with Crippen LogP contribution in [0, 0.1) is 4.51 Å². The summed E-state index contributed by atoms with van der Waals surface area (Å²) in [7, 11) is 1.32. The molecule has 0 atom stereocenters. The van der Waals surface area contributed by atoms with Crippen LogP contribution in [0.25, 0.3) is 10.2 Å². The van der Waals surface area contributed by atoms with E-state index in [0.717, 1.165) is 10.4 Å². The van der Waals surface area contributed by atoms with Crippen LogP contribution in [0.4, 0.5) is 0 Å². The number of halogens is 1. The standard InChI is InChI=1S/C17H13ClN2O3S2/c1-23-17(22)13-6-11-14(24)12(8-20-16(11)25-13)15(21)19-7-9-2-4-10(18)5-3-9/h2-6,8H,7H2,1H3,(H,19,21)(H,20,24). The predicted octanol–water partition coefficient (Wildman–Crippen LogP) is 4.33. The molecule has 0 aliphatic rings. The highest BCUT2D eigenvalue weighted by molar-refractivity contribution is 7.71. The first-order chi connectivity index (χ1) is 12.0. The summed E-state index contributed by atoms with van der Waals surface area (Å²) in [6.45, 7) is 0.361. The number of esters is 1. The van der Waals surface area contributed by atoms with Crippen LogP contribution in [-0.2, 0) is 11.3 Å². The number of hydrogen-bond acceptors (Lipinski definition) is 5. The number of ether oxygens (including phenoxy) is 1. The monoisotopic (exact) mass is 392 g/mol. The fourth-order valence-electron chi connectivity index (χ4n) is 2.26. The van der Waals surface area contributed by atoms with E-state index in [4.69, 9.17) is 28.6 Å². The van der Waals surface area contributed by atoms with Gasteiger partial charge in [0.05, 0.1) is 17.2 Å². The van der Waals surface area contributed by atoms with Crippen molar-refractivity contribution in [3.8, 4) is 0 Å². The van der Waals surface area contributed by atoms with E-state index in [9.17, 15) is 9.59 Å². The van der Waals surface area contributed by atoms with Crippen LogP contribution >= 0.6 is 35.2 Å². The van der Waals surface area contributed by atoms with Crippen LogP contribution < -0.4 is 5.32 Å². The number of nitrogens with one attached hydrogen (secondary N) is 2. The molecule has 3 aromatic rings. The Morgan fingerprint density at radius 2 is 2.04 bits per heavy atom. The number of hydrogen-bond donors (Lipinski definition) is 2. The molecule has 0 aliphatic carbocycles. The van der Waals surface area contributed by atoms with Crippen LogP contribution in [0.5, 0.6) is 0 Å². The topological polar surface area (TPSA) is 71.2 Å². The first kappa shape index (κ1) is 17.6. The Morgan fingerprint density at radius 3 is 2.72 bits per heavy atom. The number of carbonyl (C=O) groups excluding carboxylic acids is 2. The van der Waals surface area contributed by atoms with E-state index in [-0.39, 0.29) is 5.91 Å². The molecule has 0 saturated heterocycles. The molecule has 1 aromatic carbocycles. The second-order valence-corrected chi connectivity index (χ2v) is 7.08. The highest BCUT2D eigenvalue weighted by Gasteiger charge is 2.15. The van der Waals surface area contributed by atoms with E-state index in [1.165, 1.54) is 18.4 Å². The number of H-pyrrole nitrogens is 1. The number of amides is 1. The molecule has 0 aliphatic heterocycles. The Balaban J connectivity index is 1.83. The molecule has 2 aromatic heterocycles. The smallest absolute Gasteiger partial charge is 0.348 e. The van der Waals surface area contributed by atoms with Gasteiger partial charge in [0.1, 0.15) is 9.71 Å². The third-order valence-corrected chi connectivity index (χ3v) is 5.30. The van der Waals surface area contributed by atoms with Gasteiger partial charge in [0.2, 0.25) is 0 Å². The summed E-state index contributed by atoms with van der Waals surface area (Å²) in [6.07, 6.45) is 1.55. The summed E-state index contributed by atoms with van der Waals surface area (Å²) < 4.78 is 5.11. The quantitative estimate of drug-likeness (QED) is 0.512. The molecule has 2 heterocycles. The number of fused-ring (bicyclic) bond motifs is 1. The Bertz CT molecular complexity index is 1010. The maximum Gasteiger partial charge on any atom is 0.348 e. The minimum atomic E-state index is -0.433. The zero-order chi connectivity index (χ0) is 18.0. The molecule has 3 rings (SSSR count). The molecule has 0 saturated carbocycles. The zero-order valence-corrected chi connectivity index (χ0v) is 15.5. The normalized spacial score (nSPS) is 10.6. The second-order valence-electron chi connectivity index (χ2n) is 5.19. The molecule has 0 unspecified atom stereocenters. The molecule has 8 heteroatoms. The minimum absolute atomic E-state index is 0.288. The summed E-state index contributed by atoms with van der Waals surface area (Å²) in [5.41, 5.74) is 1.28. The van der Waals surface area contributed by atoms with Crippen molar-refractivity contribution < 1.29 is 14.3 Å². The number of aromatic nitrogens is 1. The van der Waals surface area contributed by atoms with Gasteiger partial charge in [-0.15, -0.1) is 11.3 Å². The van der Waals surface area contributed by atoms with Gasteiger partial charge in [-0.05, 0) is 23.8 Å². The van der Waals surface area contributed by atoms with Crippen molar-refractivity contribution in [2.45, 2.75) is 6.54 Å². The van der Waals surface area contributed by atoms with Crippen LogP contribution in [0.15, 0.2) is 36.5 Å². The van der Waals surface area contributed by atoms with Gasteiger partial charge in [-0.1, -0.05) is 36.0 Å². The van der Waals surface area contributed by atoms with E-state index in [2.05, 4.69) is 10.3 Å². The summed E-state index contributed by atoms with van der Waals surface area (Å²) in [5, 5.41) is 4.12. The SMILES string of the molecule is COC(=O)c1cc2c(=S)c(C(=O)NCc3ccc(Cl)cc3)c[nH]c2s1. The minimum Gasteiger partial charge on any atom is -0.465 e. The van der Waals surface area contributed by atoms with Gasteiger partial charge >= 0.3 is 5.97 Å². The average molecular weight is 393 g/mol. The van der Waals surface area contributed by atoms with Gasteiger partial charge in [0.15, 0.2) is 0 Å². The van der Waals surface area contributed by atoms with Crippen molar-refractivity contribution in [3.63, 3.8) is 0 Å². The molecule has 0 spiro atoms. The van der Waals surface area contributed by atoms with Crippen molar-refractivity contribution in [2.24, 2.45) is 0 Å². The molecule has 25 heavy (non-hydrogen) atoms. The summed E-state index contributed by atoms with van der Waals surface area (Å²) >= 11 is 12.5. The molecule has 128 valence electrons. The fourth-order valence-corrected chi connectivity index (χ4v) is 3.72. The van der Waals surface area contributed by atoms with Gasteiger partial charge in [-0.3, -0.25) is 4.79 Å². The number of thiophene rings is 1. The van der Waals surface area contributed by atoms with Gasteiger partial charge in [0, 0.05) is 23.2 Å². The van der Waals surface area contributed by atoms with Crippen LogP contribution in [0.3, 0.4) is 0 Å².